The molecule has 0 aliphatic rings. The smallest absolute Gasteiger partial charge is 0.118 e. The van der Waals surface area contributed by atoms with Crippen molar-refractivity contribution < 1.29 is 4.74 Å². The Morgan fingerprint density at radius 1 is 1.16 bits per heavy atom. The van der Waals surface area contributed by atoms with Gasteiger partial charge in [0.25, 0.3) is 0 Å². The van der Waals surface area contributed by atoms with Gasteiger partial charge in [-0.1, -0.05) is 29.8 Å². The third kappa shape index (κ3) is 4.01. The van der Waals surface area contributed by atoms with E-state index in [0.29, 0.717) is 0 Å². The summed E-state index contributed by atoms with van der Waals surface area (Å²) in [6.45, 7) is 2.10. The molecular formula is C16H19NOS. The molecule has 0 saturated heterocycles. The second-order valence-corrected chi connectivity index (χ2v) is 5.60. The highest BCUT2D eigenvalue weighted by atomic mass is 32.2. The highest BCUT2D eigenvalue weighted by Gasteiger charge is 2.07. The summed E-state index contributed by atoms with van der Waals surface area (Å²) >= 11 is 1.79. The van der Waals surface area contributed by atoms with E-state index in [9.17, 15) is 0 Å². The van der Waals surface area contributed by atoms with Crippen LogP contribution in [0.5, 0.6) is 5.75 Å². The number of benzene rings is 2. The highest BCUT2D eigenvalue weighted by molar-refractivity contribution is 7.99. The number of hydrogen-bond donors (Lipinski definition) is 1. The Balaban J connectivity index is 1.95. The molecule has 19 heavy (non-hydrogen) atoms. The zero-order valence-corrected chi connectivity index (χ0v) is 12.1. The van der Waals surface area contributed by atoms with Gasteiger partial charge in [-0.15, -0.1) is 11.8 Å². The van der Waals surface area contributed by atoms with Gasteiger partial charge in [-0.25, -0.2) is 0 Å². The minimum Gasteiger partial charge on any atom is -0.497 e. The van der Waals surface area contributed by atoms with Gasteiger partial charge in [-0.3, -0.25) is 0 Å². The van der Waals surface area contributed by atoms with E-state index in [4.69, 9.17) is 10.5 Å². The predicted octanol–water partition coefficient (Wildman–Crippen LogP) is 3.80. The molecule has 0 fully saturated rings. The van der Waals surface area contributed by atoms with Crippen LogP contribution in [0, 0.1) is 6.92 Å². The van der Waals surface area contributed by atoms with Crippen molar-refractivity contribution in [2.75, 3.05) is 12.9 Å². The summed E-state index contributed by atoms with van der Waals surface area (Å²) < 4.78 is 5.15. The maximum atomic E-state index is 6.21. The van der Waals surface area contributed by atoms with Gasteiger partial charge in [0, 0.05) is 16.7 Å². The Bertz CT molecular complexity index is 525. The van der Waals surface area contributed by atoms with Crippen LogP contribution in [-0.4, -0.2) is 12.9 Å². The second kappa shape index (κ2) is 6.64. The van der Waals surface area contributed by atoms with Crippen molar-refractivity contribution in [2.24, 2.45) is 5.73 Å². The Morgan fingerprint density at radius 2 is 1.89 bits per heavy atom. The Kier molecular flexibility index (Phi) is 4.88. The fourth-order valence-electron chi connectivity index (χ4n) is 1.84. The summed E-state index contributed by atoms with van der Waals surface area (Å²) in [5.74, 6) is 1.73. The quantitative estimate of drug-likeness (QED) is 0.842. The zero-order chi connectivity index (χ0) is 13.7. The Morgan fingerprint density at radius 3 is 2.53 bits per heavy atom. The minimum atomic E-state index is 0.0384. The molecule has 100 valence electrons. The number of methoxy groups -OCH3 is 1. The van der Waals surface area contributed by atoms with Gasteiger partial charge in [0.05, 0.1) is 7.11 Å². The van der Waals surface area contributed by atoms with Gasteiger partial charge < -0.3 is 10.5 Å². The topological polar surface area (TPSA) is 35.2 Å². The van der Waals surface area contributed by atoms with Crippen molar-refractivity contribution in [3.63, 3.8) is 0 Å². The Labute approximate surface area is 119 Å². The first-order chi connectivity index (χ1) is 9.19. The van der Waals surface area contributed by atoms with E-state index in [0.717, 1.165) is 17.1 Å². The number of nitrogens with two attached hydrogens (primary N) is 1. The second-order valence-electron chi connectivity index (χ2n) is 4.51. The van der Waals surface area contributed by atoms with Crippen molar-refractivity contribution in [1.82, 2.24) is 0 Å². The van der Waals surface area contributed by atoms with Crippen LogP contribution in [-0.2, 0) is 0 Å². The maximum Gasteiger partial charge on any atom is 0.118 e. The average Bonchev–Trinajstić information content (AvgIpc) is 2.45. The summed E-state index contributed by atoms with van der Waals surface area (Å²) in [4.78, 5) is 1.27. The average molecular weight is 273 g/mol. The van der Waals surface area contributed by atoms with Gasteiger partial charge in [0.2, 0.25) is 0 Å². The molecule has 2 aromatic carbocycles. The van der Waals surface area contributed by atoms with Crippen molar-refractivity contribution in [3.8, 4) is 5.75 Å². The monoisotopic (exact) mass is 273 g/mol. The SMILES string of the molecule is COc1ccc(C(N)CSc2cccc(C)c2)cc1. The molecule has 2 rings (SSSR count). The van der Waals surface area contributed by atoms with Crippen LogP contribution in [0.15, 0.2) is 53.4 Å². The summed E-state index contributed by atoms with van der Waals surface area (Å²) in [6, 6.07) is 16.5. The van der Waals surface area contributed by atoms with E-state index in [1.54, 1.807) is 18.9 Å². The van der Waals surface area contributed by atoms with Crippen LogP contribution < -0.4 is 10.5 Å². The van der Waals surface area contributed by atoms with Crippen LogP contribution in [0.3, 0.4) is 0 Å². The van der Waals surface area contributed by atoms with E-state index < -0.39 is 0 Å². The third-order valence-electron chi connectivity index (χ3n) is 2.96. The number of aryl methyl sites for hydroxylation is 1. The largest absolute Gasteiger partial charge is 0.497 e. The molecule has 2 nitrogen and oxygen atoms in total. The van der Waals surface area contributed by atoms with E-state index in [1.807, 2.05) is 24.3 Å². The normalized spacial score (nSPS) is 12.2. The molecule has 0 saturated carbocycles. The molecule has 0 amide bonds. The van der Waals surface area contributed by atoms with Gasteiger partial charge in [0.15, 0.2) is 0 Å². The molecule has 0 radical (unpaired) electrons. The van der Waals surface area contributed by atoms with Gasteiger partial charge in [-0.05, 0) is 36.8 Å². The molecule has 0 heterocycles. The summed E-state index contributed by atoms with van der Waals surface area (Å²) in [7, 11) is 1.67. The first-order valence-corrected chi connectivity index (χ1v) is 7.26. The van der Waals surface area contributed by atoms with E-state index in [2.05, 4.69) is 31.2 Å². The number of rotatable bonds is 5. The fourth-order valence-corrected chi connectivity index (χ4v) is 2.85. The van der Waals surface area contributed by atoms with Crippen LogP contribution in [0.25, 0.3) is 0 Å². The number of thioether (sulfide) groups is 1. The molecule has 1 unspecified atom stereocenters. The number of ether oxygens (including phenoxy) is 1. The van der Waals surface area contributed by atoms with Crippen molar-refractivity contribution in [2.45, 2.75) is 17.9 Å². The minimum absolute atomic E-state index is 0.0384. The van der Waals surface area contributed by atoms with Crippen molar-refractivity contribution in [1.29, 1.82) is 0 Å². The van der Waals surface area contributed by atoms with Crippen molar-refractivity contribution >= 4 is 11.8 Å². The van der Waals surface area contributed by atoms with E-state index in [1.165, 1.54) is 10.5 Å². The first-order valence-electron chi connectivity index (χ1n) is 6.28. The molecule has 0 aromatic heterocycles. The standard InChI is InChI=1S/C16H19NOS/c1-12-4-3-5-15(10-12)19-11-16(17)13-6-8-14(18-2)9-7-13/h3-10,16H,11,17H2,1-2H3. The van der Waals surface area contributed by atoms with Crippen LogP contribution >= 0.6 is 11.8 Å². The third-order valence-corrected chi connectivity index (χ3v) is 4.08. The molecule has 3 heteroatoms. The number of hydrogen-bond acceptors (Lipinski definition) is 3. The Hall–Kier alpha value is -1.45. The van der Waals surface area contributed by atoms with Crippen LogP contribution in [0.4, 0.5) is 0 Å². The van der Waals surface area contributed by atoms with Crippen molar-refractivity contribution in [3.05, 3.63) is 59.7 Å². The van der Waals surface area contributed by atoms with Gasteiger partial charge >= 0.3 is 0 Å². The summed E-state index contributed by atoms with van der Waals surface area (Å²) in [6.07, 6.45) is 0. The van der Waals surface area contributed by atoms with E-state index >= 15 is 0 Å². The highest BCUT2D eigenvalue weighted by Crippen LogP contribution is 2.25. The zero-order valence-electron chi connectivity index (χ0n) is 11.3. The first kappa shape index (κ1) is 14.0. The molecule has 0 aliphatic carbocycles. The van der Waals surface area contributed by atoms with Crippen LogP contribution in [0.2, 0.25) is 0 Å². The summed E-state index contributed by atoms with van der Waals surface area (Å²) in [5.41, 5.74) is 8.63. The lowest BCUT2D eigenvalue weighted by Crippen LogP contribution is -2.12. The van der Waals surface area contributed by atoms with Crippen LogP contribution in [0.1, 0.15) is 17.2 Å². The maximum absolute atomic E-state index is 6.21. The lowest BCUT2D eigenvalue weighted by Gasteiger charge is -2.12. The molecule has 2 aromatic rings. The fraction of sp³-hybridized carbons (Fsp3) is 0.250. The summed E-state index contributed by atoms with van der Waals surface area (Å²) in [5, 5.41) is 0. The molecule has 0 spiro atoms. The molecule has 1 atom stereocenters. The molecule has 2 N–H and O–H groups in total. The lowest BCUT2D eigenvalue weighted by atomic mass is 10.1. The van der Waals surface area contributed by atoms with E-state index in [-0.39, 0.29) is 6.04 Å². The molecule has 0 aliphatic heterocycles. The lowest BCUT2D eigenvalue weighted by molar-refractivity contribution is 0.414. The van der Waals surface area contributed by atoms with Gasteiger partial charge in [-0.2, -0.15) is 0 Å². The predicted molar refractivity (Wildman–Crippen MR) is 81.8 cm³/mol. The molecular weight excluding hydrogens is 254 g/mol. The molecule has 0 bridgehead atoms. The van der Waals surface area contributed by atoms with Gasteiger partial charge in [0.1, 0.15) is 5.75 Å².